The molecule has 0 radical (unpaired) electrons. The van der Waals surface area contributed by atoms with Crippen molar-refractivity contribution in [1.82, 2.24) is 0 Å². The third kappa shape index (κ3) is 13.5. The molecule has 0 aromatic rings. The molecule has 0 aliphatic carbocycles. The molecule has 0 amide bonds. The van der Waals surface area contributed by atoms with Gasteiger partial charge in [0, 0.05) is 6.61 Å². The molecular weight excluding hydrogens is 220 g/mol. The topological polar surface area (TPSA) is 9.23 Å². The van der Waals surface area contributed by atoms with E-state index in [2.05, 4.69) is 53.7 Å². The van der Waals surface area contributed by atoms with Gasteiger partial charge in [-0.05, 0) is 73.6 Å². The van der Waals surface area contributed by atoms with Crippen LogP contribution in [0.1, 0.15) is 73.6 Å². The summed E-state index contributed by atoms with van der Waals surface area (Å²) in [4.78, 5) is 0. The Morgan fingerprint density at radius 3 is 2.17 bits per heavy atom. The first-order valence-corrected chi connectivity index (χ1v) is 7.24. The first-order valence-electron chi connectivity index (χ1n) is 7.24. The van der Waals surface area contributed by atoms with Crippen LogP contribution in [0.4, 0.5) is 0 Å². The number of ether oxygens (including phenoxy) is 1. The average molecular weight is 252 g/mol. The van der Waals surface area contributed by atoms with E-state index in [1.54, 1.807) is 0 Å². The van der Waals surface area contributed by atoms with E-state index in [4.69, 9.17) is 4.74 Å². The summed E-state index contributed by atoms with van der Waals surface area (Å²) in [7, 11) is 0. The summed E-state index contributed by atoms with van der Waals surface area (Å²) < 4.78 is 5.70. The lowest BCUT2D eigenvalue weighted by Gasteiger charge is -2.19. The van der Waals surface area contributed by atoms with E-state index >= 15 is 0 Å². The summed E-state index contributed by atoms with van der Waals surface area (Å²) in [5.74, 6) is 0. The maximum Gasteiger partial charge on any atom is 0.0598 e. The fourth-order valence-electron chi connectivity index (χ4n) is 1.66. The summed E-state index contributed by atoms with van der Waals surface area (Å²) in [6.07, 6.45) is 10.7. The molecule has 0 fully saturated rings. The van der Waals surface area contributed by atoms with Crippen LogP contribution in [-0.2, 0) is 4.74 Å². The minimum absolute atomic E-state index is 0.0100. The SMILES string of the molecule is CC(C)=CCC/C(C)=C\CCCCOC(C)(C)C. The predicted molar refractivity (Wildman–Crippen MR) is 82.0 cm³/mol. The van der Waals surface area contributed by atoms with Crippen molar-refractivity contribution in [2.75, 3.05) is 6.61 Å². The third-order valence-electron chi connectivity index (χ3n) is 2.72. The molecular formula is C17H32O. The monoisotopic (exact) mass is 252 g/mol. The number of rotatable bonds is 8. The van der Waals surface area contributed by atoms with Crippen LogP contribution in [0, 0.1) is 0 Å². The van der Waals surface area contributed by atoms with Crippen molar-refractivity contribution in [3.63, 3.8) is 0 Å². The van der Waals surface area contributed by atoms with Crippen LogP contribution in [0.5, 0.6) is 0 Å². The van der Waals surface area contributed by atoms with E-state index in [0.29, 0.717) is 0 Å². The summed E-state index contributed by atoms with van der Waals surface area (Å²) in [5, 5.41) is 0. The molecule has 0 aliphatic rings. The van der Waals surface area contributed by atoms with E-state index < -0.39 is 0 Å². The summed E-state index contributed by atoms with van der Waals surface area (Å²) in [6.45, 7) is 13.8. The molecule has 106 valence electrons. The van der Waals surface area contributed by atoms with Crippen molar-refractivity contribution in [3.05, 3.63) is 23.3 Å². The zero-order valence-electron chi connectivity index (χ0n) is 13.3. The fourth-order valence-corrected chi connectivity index (χ4v) is 1.66. The van der Waals surface area contributed by atoms with E-state index in [9.17, 15) is 0 Å². The first-order chi connectivity index (χ1) is 8.31. The van der Waals surface area contributed by atoms with Gasteiger partial charge in [-0.25, -0.2) is 0 Å². The lowest BCUT2D eigenvalue weighted by atomic mass is 10.1. The normalized spacial score (nSPS) is 12.7. The second-order valence-corrected chi connectivity index (χ2v) is 6.33. The van der Waals surface area contributed by atoms with Gasteiger partial charge in [0.1, 0.15) is 0 Å². The highest BCUT2D eigenvalue weighted by Crippen LogP contribution is 2.11. The average Bonchev–Trinajstić information content (AvgIpc) is 2.21. The molecule has 0 N–H and O–H groups in total. The van der Waals surface area contributed by atoms with Gasteiger partial charge >= 0.3 is 0 Å². The van der Waals surface area contributed by atoms with E-state index in [-0.39, 0.29) is 5.60 Å². The molecule has 0 saturated carbocycles. The standard InChI is InChI=1S/C17H32O/c1-15(2)11-10-13-16(3)12-8-7-9-14-18-17(4,5)6/h11-12H,7-10,13-14H2,1-6H3/b16-12-. The minimum Gasteiger partial charge on any atom is -0.376 e. The zero-order valence-corrected chi connectivity index (χ0v) is 13.3. The molecule has 1 nitrogen and oxygen atoms in total. The lowest BCUT2D eigenvalue weighted by Crippen LogP contribution is -2.19. The Labute approximate surface area is 114 Å². The van der Waals surface area contributed by atoms with Crippen LogP contribution >= 0.6 is 0 Å². The third-order valence-corrected chi connectivity index (χ3v) is 2.72. The summed E-state index contributed by atoms with van der Waals surface area (Å²) >= 11 is 0. The quantitative estimate of drug-likeness (QED) is 0.400. The molecule has 0 saturated heterocycles. The predicted octanol–water partition coefficient (Wildman–Crippen LogP) is 5.66. The Hall–Kier alpha value is -0.560. The Balaban J connectivity index is 3.54. The van der Waals surface area contributed by atoms with Gasteiger partial charge in [-0.2, -0.15) is 0 Å². The van der Waals surface area contributed by atoms with Crippen LogP contribution in [0.2, 0.25) is 0 Å². The molecule has 0 aromatic heterocycles. The van der Waals surface area contributed by atoms with Gasteiger partial charge in [0.2, 0.25) is 0 Å². The minimum atomic E-state index is 0.0100. The van der Waals surface area contributed by atoms with Crippen LogP contribution < -0.4 is 0 Å². The van der Waals surface area contributed by atoms with Crippen LogP contribution in [-0.4, -0.2) is 12.2 Å². The van der Waals surface area contributed by atoms with Gasteiger partial charge in [0.25, 0.3) is 0 Å². The highest BCUT2D eigenvalue weighted by molar-refractivity contribution is 5.01. The van der Waals surface area contributed by atoms with Gasteiger partial charge in [-0.15, -0.1) is 0 Å². The Bertz CT molecular complexity index is 262. The van der Waals surface area contributed by atoms with E-state index in [0.717, 1.165) is 13.0 Å². The van der Waals surface area contributed by atoms with Crippen molar-refractivity contribution < 1.29 is 4.74 Å². The van der Waals surface area contributed by atoms with Gasteiger partial charge in [0.15, 0.2) is 0 Å². The summed E-state index contributed by atoms with van der Waals surface area (Å²) in [6, 6.07) is 0. The maximum absolute atomic E-state index is 5.70. The van der Waals surface area contributed by atoms with Gasteiger partial charge in [-0.1, -0.05) is 23.3 Å². The van der Waals surface area contributed by atoms with E-state index in [1.807, 2.05) is 0 Å². The second kappa shape index (κ2) is 9.38. The van der Waals surface area contributed by atoms with Crippen molar-refractivity contribution in [2.24, 2.45) is 0 Å². The Kier molecular flexibility index (Phi) is 9.09. The van der Waals surface area contributed by atoms with E-state index in [1.165, 1.54) is 36.8 Å². The highest BCUT2D eigenvalue weighted by atomic mass is 16.5. The van der Waals surface area contributed by atoms with Gasteiger partial charge in [-0.3, -0.25) is 0 Å². The molecule has 0 spiro atoms. The molecule has 1 heteroatoms. The lowest BCUT2D eigenvalue weighted by molar-refractivity contribution is -0.00447. The Morgan fingerprint density at radius 1 is 0.944 bits per heavy atom. The van der Waals surface area contributed by atoms with Gasteiger partial charge in [0.05, 0.1) is 5.60 Å². The highest BCUT2D eigenvalue weighted by Gasteiger charge is 2.08. The maximum atomic E-state index is 5.70. The second-order valence-electron chi connectivity index (χ2n) is 6.33. The summed E-state index contributed by atoms with van der Waals surface area (Å²) in [5.41, 5.74) is 2.95. The molecule has 0 aliphatic heterocycles. The smallest absolute Gasteiger partial charge is 0.0598 e. The number of allylic oxidation sites excluding steroid dienone is 4. The molecule has 0 aromatic carbocycles. The van der Waals surface area contributed by atoms with Crippen molar-refractivity contribution in [1.29, 1.82) is 0 Å². The van der Waals surface area contributed by atoms with Gasteiger partial charge < -0.3 is 4.74 Å². The number of hydrogen-bond donors (Lipinski definition) is 0. The van der Waals surface area contributed by atoms with Crippen LogP contribution in [0.3, 0.4) is 0 Å². The molecule has 0 rings (SSSR count). The first kappa shape index (κ1) is 17.4. The Morgan fingerprint density at radius 2 is 1.61 bits per heavy atom. The van der Waals surface area contributed by atoms with Crippen molar-refractivity contribution in [3.8, 4) is 0 Å². The molecule has 0 unspecified atom stereocenters. The van der Waals surface area contributed by atoms with Crippen LogP contribution in [0.15, 0.2) is 23.3 Å². The van der Waals surface area contributed by atoms with Crippen LogP contribution in [0.25, 0.3) is 0 Å². The molecule has 18 heavy (non-hydrogen) atoms. The largest absolute Gasteiger partial charge is 0.376 e. The number of unbranched alkanes of at least 4 members (excludes halogenated alkanes) is 2. The molecule has 0 atom stereocenters. The zero-order chi connectivity index (χ0) is 14.0. The van der Waals surface area contributed by atoms with Crippen molar-refractivity contribution in [2.45, 2.75) is 79.2 Å². The fraction of sp³-hybridized carbons (Fsp3) is 0.765. The van der Waals surface area contributed by atoms with Crippen molar-refractivity contribution >= 4 is 0 Å². The molecule has 0 heterocycles. The molecule has 0 bridgehead atoms. The number of hydrogen-bond acceptors (Lipinski definition) is 1.